The van der Waals surface area contributed by atoms with E-state index in [1.165, 1.54) is 11.8 Å². The van der Waals surface area contributed by atoms with Crippen molar-refractivity contribution in [3.8, 4) is 0 Å². The van der Waals surface area contributed by atoms with Gasteiger partial charge in [0.2, 0.25) is 5.91 Å². The molecule has 0 aromatic carbocycles. The molecule has 8 heteroatoms. The van der Waals surface area contributed by atoms with Crippen molar-refractivity contribution in [3.63, 3.8) is 0 Å². The highest BCUT2D eigenvalue weighted by Gasteiger charge is 2.56. The Labute approximate surface area is 125 Å². The molecule has 0 aromatic rings. The van der Waals surface area contributed by atoms with E-state index in [0.717, 1.165) is 11.8 Å². The Bertz CT molecular complexity index is 515. The van der Waals surface area contributed by atoms with Crippen molar-refractivity contribution in [1.29, 1.82) is 0 Å². The zero-order valence-electron chi connectivity index (χ0n) is 11.7. The molecule has 21 heavy (non-hydrogen) atoms. The Morgan fingerprint density at radius 2 is 2.19 bits per heavy atom. The van der Waals surface area contributed by atoms with E-state index in [0.29, 0.717) is 11.3 Å². The quantitative estimate of drug-likeness (QED) is 0.532. The Kier molecular flexibility index (Phi) is 4.58. The SMILES string of the molecule is CCOC(=O)CSC1=C(C(=O)O)N2C(=O)C(C(C)O)C2C1. The summed E-state index contributed by atoms with van der Waals surface area (Å²) in [6, 6.07) is -0.326. The van der Waals surface area contributed by atoms with Crippen molar-refractivity contribution >= 4 is 29.6 Å². The van der Waals surface area contributed by atoms with Crippen molar-refractivity contribution in [2.75, 3.05) is 12.4 Å². The standard InChI is InChI=1S/C13H17NO6S/c1-3-20-9(16)5-21-8-4-7-10(6(2)15)12(17)14(7)11(8)13(18)19/h6-7,10,15H,3-5H2,1-2H3,(H,18,19). The highest BCUT2D eigenvalue weighted by atomic mass is 32.2. The molecule has 0 aliphatic carbocycles. The average Bonchev–Trinajstić information content (AvgIpc) is 2.70. The van der Waals surface area contributed by atoms with Gasteiger partial charge in [-0.1, -0.05) is 0 Å². The van der Waals surface area contributed by atoms with E-state index in [-0.39, 0.29) is 30.0 Å². The second kappa shape index (κ2) is 6.07. The summed E-state index contributed by atoms with van der Waals surface area (Å²) >= 11 is 1.08. The first-order chi connectivity index (χ1) is 9.88. The summed E-state index contributed by atoms with van der Waals surface area (Å²) in [5.74, 6) is -2.55. The fourth-order valence-corrected chi connectivity index (χ4v) is 3.69. The second-order valence-electron chi connectivity index (χ2n) is 4.92. The van der Waals surface area contributed by atoms with Gasteiger partial charge in [0.15, 0.2) is 0 Å². The number of carbonyl (C=O) groups excluding carboxylic acids is 2. The third-order valence-electron chi connectivity index (χ3n) is 3.56. The maximum atomic E-state index is 12.0. The van der Waals surface area contributed by atoms with Gasteiger partial charge in [0.05, 0.1) is 30.4 Å². The number of rotatable bonds is 6. The van der Waals surface area contributed by atoms with Gasteiger partial charge in [0.25, 0.3) is 0 Å². The number of aliphatic carboxylic acids is 1. The van der Waals surface area contributed by atoms with Crippen LogP contribution in [0.1, 0.15) is 20.3 Å². The molecule has 3 unspecified atom stereocenters. The van der Waals surface area contributed by atoms with Crippen LogP contribution < -0.4 is 0 Å². The number of hydrogen-bond donors (Lipinski definition) is 2. The number of thioether (sulfide) groups is 1. The van der Waals surface area contributed by atoms with Crippen molar-refractivity contribution in [2.24, 2.45) is 5.92 Å². The number of aliphatic hydroxyl groups excluding tert-OH is 1. The number of esters is 1. The largest absolute Gasteiger partial charge is 0.477 e. The van der Waals surface area contributed by atoms with E-state index in [1.54, 1.807) is 6.92 Å². The molecule has 7 nitrogen and oxygen atoms in total. The van der Waals surface area contributed by atoms with Gasteiger partial charge in [-0.05, 0) is 13.8 Å². The third-order valence-corrected chi connectivity index (χ3v) is 4.65. The van der Waals surface area contributed by atoms with Gasteiger partial charge in [0.1, 0.15) is 5.70 Å². The van der Waals surface area contributed by atoms with Crippen LogP contribution in [0, 0.1) is 5.92 Å². The lowest BCUT2D eigenvalue weighted by molar-refractivity contribution is -0.161. The molecule has 2 heterocycles. The molecule has 0 aromatic heterocycles. The molecule has 3 atom stereocenters. The number of hydrogen-bond acceptors (Lipinski definition) is 6. The van der Waals surface area contributed by atoms with Gasteiger partial charge in [0, 0.05) is 11.3 Å². The summed E-state index contributed by atoms with van der Waals surface area (Å²) in [5.41, 5.74) is -0.0730. The highest BCUT2D eigenvalue weighted by molar-refractivity contribution is 8.03. The molecule has 0 radical (unpaired) electrons. The first kappa shape index (κ1) is 15.8. The number of carboxylic acid groups (broad SMARTS) is 1. The normalized spacial score (nSPS) is 25.5. The summed E-state index contributed by atoms with van der Waals surface area (Å²) in [4.78, 5) is 36.4. The van der Waals surface area contributed by atoms with E-state index >= 15 is 0 Å². The number of amides is 1. The number of aliphatic hydroxyl groups is 1. The molecule has 1 fully saturated rings. The van der Waals surface area contributed by atoms with Crippen molar-refractivity contribution < 1.29 is 29.3 Å². The molecule has 2 rings (SSSR count). The van der Waals surface area contributed by atoms with Crippen molar-refractivity contribution in [3.05, 3.63) is 10.6 Å². The van der Waals surface area contributed by atoms with Crippen LogP contribution in [-0.2, 0) is 19.1 Å². The summed E-state index contributed by atoms with van der Waals surface area (Å²) in [7, 11) is 0. The Morgan fingerprint density at radius 3 is 2.71 bits per heavy atom. The molecule has 2 aliphatic heterocycles. The molecule has 0 bridgehead atoms. The Morgan fingerprint density at radius 1 is 1.52 bits per heavy atom. The smallest absolute Gasteiger partial charge is 0.353 e. The lowest BCUT2D eigenvalue weighted by Crippen LogP contribution is -2.61. The van der Waals surface area contributed by atoms with Crippen LogP contribution in [0.4, 0.5) is 0 Å². The molecule has 1 saturated heterocycles. The summed E-state index contributed by atoms with van der Waals surface area (Å²) in [5, 5.41) is 18.9. The number of fused-ring (bicyclic) bond motifs is 1. The zero-order valence-corrected chi connectivity index (χ0v) is 12.6. The second-order valence-corrected chi connectivity index (χ2v) is 5.99. The molecule has 0 spiro atoms. The number of nitrogens with zero attached hydrogens (tertiary/aromatic N) is 1. The summed E-state index contributed by atoms with van der Waals surface area (Å²) in [6.45, 7) is 3.48. The van der Waals surface area contributed by atoms with E-state index < -0.39 is 24.0 Å². The van der Waals surface area contributed by atoms with Crippen LogP contribution in [0.25, 0.3) is 0 Å². The maximum absolute atomic E-state index is 12.0. The highest BCUT2D eigenvalue weighted by Crippen LogP contribution is 2.46. The molecular formula is C13H17NO6S. The molecule has 116 valence electrons. The fourth-order valence-electron chi connectivity index (χ4n) is 2.71. The lowest BCUT2D eigenvalue weighted by atomic mass is 9.83. The predicted molar refractivity (Wildman–Crippen MR) is 74.2 cm³/mol. The summed E-state index contributed by atoms with van der Waals surface area (Å²) < 4.78 is 4.80. The van der Waals surface area contributed by atoms with Gasteiger partial charge in [-0.3, -0.25) is 9.59 Å². The topological polar surface area (TPSA) is 104 Å². The van der Waals surface area contributed by atoms with Gasteiger partial charge in [-0.25, -0.2) is 4.79 Å². The Hall–Kier alpha value is -1.54. The van der Waals surface area contributed by atoms with Crippen LogP contribution in [0.3, 0.4) is 0 Å². The zero-order chi connectivity index (χ0) is 15.7. The molecule has 2 N–H and O–H groups in total. The molecule has 1 amide bonds. The number of carboxylic acids is 1. The number of ether oxygens (including phenoxy) is 1. The molecular weight excluding hydrogens is 298 g/mol. The minimum absolute atomic E-state index is 0.00799. The summed E-state index contributed by atoms with van der Waals surface area (Å²) in [6.07, 6.45) is -0.462. The third kappa shape index (κ3) is 2.77. The number of carbonyl (C=O) groups is 3. The van der Waals surface area contributed by atoms with Crippen LogP contribution in [0.2, 0.25) is 0 Å². The monoisotopic (exact) mass is 315 g/mol. The fraction of sp³-hybridized carbons (Fsp3) is 0.615. The van der Waals surface area contributed by atoms with E-state index in [2.05, 4.69) is 0 Å². The van der Waals surface area contributed by atoms with Crippen LogP contribution in [0.5, 0.6) is 0 Å². The van der Waals surface area contributed by atoms with E-state index in [1.807, 2.05) is 0 Å². The van der Waals surface area contributed by atoms with Crippen LogP contribution >= 0.6 is 11.8 Å². The van der Waals surface area contributed by atoms with E-state index in [4.69, 9.17) is 4.74 Å². The van der Waals surface area contributed by atoms with Gasteiger partial charge >= 0.3 is 11.9 Å². The number of β-lactam (4-membered cyclic amide) rings is 1. The van der Waals surface area contributed by atoms with Gasteiger partial charge in [-0.15, -0.1) is 11.8 Å². The van der Waals surface area contributed by atoms with Gasteiger partial charge in [-0.2, -0.15) is 0 Å². The predicted octanol–water partition coefficient (Wildman–Crippen LogP) is 0.190. The van der Waals surface area contributed by atoms with Crippen molar-refractivity contribution in [2.45, 2.75) is 32.4 Å². The molecule has 0 saturated carbocycles. The van der Waals surface area contributed by atoms with Crippen molar-refractivity contribution in [1.82, 2.24) is 4.90 Å². The van der Waals surface area contributed by atoms with Gasteiger partial charge < -0.3 is 19.8 Å². The minimum atomic E-state index is -1.19. The maximum Gasteiger partial charge on any atom is 0.353 e. The first-order valence-electron chi connectivity index (χ1n) is 6.64. The molecule has 2 aliphatic rings. The average molecular weight is 315 g/mol. The van der Waals surface area contributed by atoms with E-state index in [9.17, 15) is 24.6 Å². The Balaban J connectivity index is 2.12. The van der Waals surface area contributed by atoms with Crippen LogP contribution in [0.15, 0.2) is 10.6 Å². The first-order valence-corrected chi connectivity index (χ1v) is 7.63. The van der Waals surface area contributed by atoms with Crippen LogP contribution in [-0.4, -0.2) is 57.5 Å². The lowest BCUT2D eigenvalue weighted by Gasteiger charge is -2.44. The minimum Gasteiger partial charge on any atom is -0.477 e.